The predicted molar refractivity (Wildman–Crippen MR) is 111 cm³/mol. The minimum Gasteiger partial charge on any atom is -0.496 e. The van der Waals surface area contributed by atoms with Crippen LogP contribution in [0.4, 0.5) is 0 Å². The van der Waals surface area contributed by atoms with Crippen LogP contribution in [-0.4, -0.2) is 40.9 Å². The van der Waals surface area contributed by atoms with Crippen LogP contribution >= 0.6 is 0 Å². The molecule has 0 amide bonds. The largest absolute Gasteiger partial charge is 0.496 e. The van der Waals surface area contributed by atoms with Crippen molar-refractivity contribution in [3.8, 4) is 11.4 Å². The van der Waals surface area contributed by atoms with Gasteiger partial charge in [0.05, 0.1) is 7.11 Å². The number of rotatable bonds is 8. The Morgan fingerprint density at radius 2 is 1.86 bits per heavy atom. The normalized spacial score (nSPS) is 11.3. The van der Waals surface area contributed by atoms with Crippen LogP contribution in [0.3, 0.4) is 0 Å². The lowest BCUT2D eigenvalue weighted by Crippen LogP contribution is -2.38. The molecule has 7 heteroatoms. The van der Waals surface area contributed by atoms with Gasteiger partial charge in [0, 0.05) is 18.8 Å². The molecule has 0 atom stereocenters. The Balaban J connectivity index is 1.63. The second-order valence-corrected chi connectivity index (χ2v) is 6.14. The van der Waals surface area contributed by atoms with Crippen LogP contribution in [-0.2, 0) is 13.0 Å². The third kappa shape index (κ3) is 5.09. The maximum Gasteiger partial charge on any atom is 0.191 e. The van der Waals surface area contributed by atoms with Gasteiger partial charge in [-0.1, -0.05) is 36.4 Å². The predicted octanol–water partition coefficient (Wildman–Crippen LogP) is 2.57. The Morgan fingerprint density at radius 1 is 1.07 bits per heavy atom. The minimum atomic E-state index is 0.429. The van der Waals surface area contributed by atoms with E-state index in [1.807, 2.05) is 60.0 Å². The molecule has 0 saturated carbocycles. The van der Waals surface area contributed by atoms with E-state index in [0.29, 0.717) is 6.54 Å². The van der Waals surface area contributed by atoms with E-state index in [-0.39, 0.29) is 0 Å². The van der Waals surface area contributed by atoms with Crippen molar-refractivity contribution < 1.29 is 4.74 Å². The number of nitrogens with one attached hydrogen (secondary N) is 2. The van der Waals surface area contributed by atoms with Crippen molar-refractivity contribution in [2.45, 2.75) is 19.9 Å². The van der Waals surface area contributed by atoms with Gasteiger partial charge in [0.25, 0.3) is 0 Å². The van der Waals surface area contributed by atoms with Crippen LogP contribution in [0.5, 0.6) is 5.75 Å². The molecule has 0 spiro atoms. The molecule has 0 saturated heterocycles. The Labute approximate surface area is 165 Å². The minimum absolute atomic E-state index is 0.429. The van der Waals surface area contributed by atoms with E-state index >= 15 is 0 Å². The lowest BCUT2D eigenvalue weighted by molar-refractivity contribution is 0.409. The summed E-state index contributed by atoms with van der Waals surface area (Å²) in [5, 5.41) is 14.9. The fourth-order valence-corrected chi connectivity index (χ4v) is 2.89. The first kappa shape index (κ1) is 19.4. The first-order valence-corrected chi connectivity index (χ1v) is 9.40. The highest BCUT2D eigenvalue weighted by atomic mass is 16.5. The third-order valence-electron chi connectivity index (χ3n) is 4.25. The van der Waals surface area contributed by atoms with Crippen LogP contribution in [0.15, 0.2) is 65.9 Å². The molecule has 0 radical (unpaired) electrons. The summed E-state index contributed by atoms with van der Waals surface area (Å²) in [6.45, 7) is 4.01. The van der Waals surface area contributed by atoms with Gasteiger partial charge in [-0.25, -0.2) is 4.99 Å². The lowest BCUT2D eigenvalue weighted by atomic mass is 10.1. The fourth-order valence-electron chi connectivity index (χ4n) is 2.89. The van der Waals surface area contributed by atoms with Gasteiger partial charge in [-0.2, -0.15) is 0 Å². The summed E-state index contributed by atoms with van der Waals surface area (Å²) in [6.07, 6.45) is 2.55. The summed E-state index contributed by atoms with van der Waals surface area (Å²) in [5.41, 5.74) is 2.18. The van der Waals surface area contributed by atoms with Crippen molar-refractivity contribution in [1.82, 2.24) is 25.4 Å². The molecule has 0 aliphatic heterocycles. The molecule has 7 nitrogen and oxygen atoms in total. The van der Waals surface area contributed by atoms with Crippen molar-refractivity contribution in [1.29, 1.82) is 0 Å². The SMILES string of the molecule is CCNC(=NCc1nncn1-c1ccccc1)NCCc1ccccc1OC. The Kier molecular flexibility index (Phi) is 7.01. The zero-order valence-electron chi connectivity index (χ0n) is 16.3. The first-order valence-electron chi connectivity index (χ1n) is 9.40. The smallest absolute Gasteiger partial charge is 0.191 e. The number of hydrogen-bond donors (Lipinski definition) is 2. The van der Waals surface area contributed by atoms with Crippen molar-refractivity contribution in [2.75, 3.05) is 20.2 Å². The molecule has 0 aliphatic rings. The summed E-state index contributed by atoms with van der Waals surface area (Å²) in [6, 6.07) is 18.1. The van der Waals surface area contributed by atoms with Crippen LogP contribution in [0.25, 0.3) is 5.69 Å². The van der Waals surface area contributed by atoms with Gasteiger partial charge >= 0.3 is 0 Å². The maximum absolute atomic E-state index is 5.41. The highest BCUT2D eigenvalue weighted by Gasteiger charge is 2.07. The van der Waals surface area contributed by atoms with Gasteiger partial charge in [-0.3, -0.25) is 4.57 Å². The molecule has 2 N–H and O–H groups in total. The molecule has 3 rings (SSSR count). The second kappa shape index (κ2) is 10.1. The van der Waals surface area contributed by atoms with E-state index in [1.54, 1.807) is 13.4 Å². The third-order valence-corrected chi connectivity index (χ3v) is 4.25. The first-order chi connectivity index (χ1) is 13.8. The topological polar surface area (TPSA) is 76.4 Å². The average molecular weight is 378 g/mol. The zero-order valence-corrected chi connectivity index (χ0v) is 16.3. The van der Waals surface area contributed by atoms with E-state index in [1.165, 1.54) is 0 Å². The molecule has 3 aromatic rings. The standard InChI is InChI=1S/C21H26N6O/c1-3-22-21(23-14-13-17-9-7-8-12-19(17)28-2)24-15-20-26-25-16-27(20)18-10-5-4-6-11-18/h4-12,16H,3,13-15H2,1-2H3,(H2,22,23,24). The molecule has 2 aromatic carbocycles. The van der Waals surface area contributed by atoms with Crippen LogP contribution in [0.1, 0.15) is 18.3 Å². The monoisotopic (exact) mass is 378 g/mol. The van der Waals surface area contributed by atoms with E-state index in [0.717, 1.165) is 48.3 Å². The summed E-state index contributed by atoms with van der Waals surface area (Å²) in [5.74, 6) is 2.44. The van der Waals surface area contributed by atoms with Crippen molar-refractivity contribution in [2.24, 2.45) is 4.99 Å². The van der Waals surface area contributed by atoms with Gasteiger partial charge in [0.1, 0.15) is 18.6 Å². The number of ether oxygens (including phenoxy) is 1. The molecule has 0 bridgehead atoms. The van der Waals surface area contributed by atoms with Crippen molar-refractivity contribution >= 4 is 5.96 Å². The number of methoxy groups -OCH3 is 1. The highest BCUT2D eigenvalue weighted by Crippen LogP contribution is 2.17. The summed E-state index contributed by atoms with van der Waals surface area (Å²) < 4.78 is 7.36. The number of aromatic nitrogens is 3. The maximum atomic E-state index is 5.41. The number of benzene rings is 2. The summed E-state index contributed by atoms with van der Waals surface area (Å²) in [4.78, 5) is 4.66. The van der Waals surface area contributed by atoms with E-state index < -0.39 is 0 Å². The summed E-state index contributed by atoms with van der Waals surface area (Å²) in [7, 11) is 1.70. The number of hydrogen-bond acceptors (Lipinski definition) is 4. The average Bonchev–Trinajstić information content (AvgIpc) is 3.21. The highest BCUT2D eigenvalue weighted by molar-refractivity contribution is 5.79. The molecule has 28 heavy (non-hydrogen) atoms. The molecule has 0 aliphatic carbocycles. The molecular weight excluding hydrogens is 352 g/mol. The van der Waals surface area contributed by atoms with Gasteiger partial charge < -0.3 is 15.4 Å². The number of nitrogens with zero attached hydrogens (tertiary/aromatic N) is 4. The zero-order chi connectivity index (χ0) is 19.6. The van der Waals surface area contributed by atoms with Crippen molar-refractivity contribution in [3.63, 3.8) is 0 Å². The Morgan fingerprint density at radius 3 is 2.64 bits per heavy atom. The Bertz CT molecular complexity index is 891. The summed E-state index contributed by atoms with van der Waals surface area (Å²) >= 11 is 0. The van der Waals surface area contributed by atoms with E-state index in [9.17, 15) is 0 Å². The number of guanidine groups is 1. The quantitative estimate of drug-likeness (QED) is 0.465. The van der Waals surface area contributed by atoms with Crippen LogP contribution in [0.2, 0.25) is 0 Å². The van der Waals surface area contributed by atoms with Gasteiger partial charge in [0.15, 0.2) is 11.8 Å². The van der Waals surface area contributed by atoms with E-state index in [4.69, 9.17) is 4.74 Å². The van der Waals surface area contributed by atoms with Crippen LogP contribution < -0.4 is 15.4 Å². The fraction of sp³-hybridized carbons (Fsp3) is 0.286. The van der Waals surface area contributed by atoms with Gasteiger partial charge in [-0.15, -0.1) is 10.2 Å². The number of para-hydroxylation sites is 2. The molecular formula is C21H26N6O. The van der Waals surface area contributed by atoms with Crippen LogP contribution in [0, 0.1) is 0 Å². The second-order valence-electron chi connectivity index (χ2n) is 6.14. The number of aliphatic imine (C=N–C) groups is 1. The molecule has 0 unspecified atom stereocenters. The van der Waals surface area contributed by atoms with Gasteiger partial charge in [0.2, 0.25) is 0 Å². The molecule has 0 fully saturated rings. The molecule has 146 valence electrons. The molecule has 1 aromatic heterocycles. The Hall–Kier alpha value is -3.35. The molecule has 1 heterocycles. The van der Waals surface area contributed by atoms with E-state index in [2.05, 4.69) is 31.9 Å². The lowest BCUT2D eigenvalue weighted by Gasteiger charge is -2.13. The van der Waals surface area contributed by atoms with Crippen molar-refractivity contribution in [3.05, 3.63) is 72.3 Å². The van der Waals surface area contributed by atoms with Gasteiger partial charge in [-0.05, 0) is 37.1 Å².